The largest absolute Gasteiger partial charge is 0.497 e. The molecule has 2 aliphatic rings. The van der Waals surface area contributed by atoms with Gasteiger partial charge >= 0.3 is 6.03 Å². The number of hydrogen-bond acceptors (Lipinski definition) is 4. The molecule has 0 saturated carbocycles. The summed E-state index contributed by atoms with van der Waals surface area (Å²) in [5.41, 5.74) is 1.98. The highest BCUT2D eigenvalue weighted by Crippen LogP contribution is 2.29. The summed E-state index contributed by atoms with van der Waals surface area (Å²) < 4.78 is 10.8. The molecule has 4 rings (SSSR count). The van der Waals surface area contributed by atoms with Crippen molar-refractivity contribution in [2.45, 2.75) is 37.6 Å². The second-order valence-electron chi connectivity index (χ2n) is 8.11. The molecule has 2 saturated heterocycles. The van der Waals surface area contributed by atoms with Gasteiger partial charge < -0.3 is 24.6 Å². The van der Waals surface area contributed by atoms with E-state index in [4.69, 9.17) is 9.47 Å². The molecular formula is C24H29N3O4. The fourth-order valence-corrected chi connectivity index (χ4v) is 4.49. The second kappa shape index (κ2) is 9.39. The Labute approximate surface area is 182 Å². The van der Waals surface area contributed by atoms with Gasteiger partial charge in [-0.25, -0.2) is 4.79 Å². The highest BCUT2D eigenvalue weighted by Gasteiger charge is 2.46. The van der Waals surface area contributed by atoms with Crippen molar-refractivity contribution in [1.29, 1.82) is 0 Å². The molecule has 164 valence electrons. The van der Waals surface area contributed by atoms with Crippen molar-refractivity contribution in [3.63, 3.8) is 0 Å². The zero-order valence-electron chi connectivity index (χ0n) is 18.0. The molecule has 0 unspecified atom stereocenters. The summed E-state index contributed by atoms with van der Waals surface area (Å²) in [5, 5.41) is 2.99. The minimum Gasteiger partial charge on any atom is -0.497 e. The van der Waals surface area contributed by atoms with Crippen molar-refractivity contribution < 1.29 is 19.1 Å². The van der Waals surface area contributed by atoms with Crippen LogP contribution >= 0.6 is 0 Å². The van der Waals surface area contributed by atoms with Gasteiger partial charge in [0, 0.05) is 33.2 Å². The standard InChI is InChI=1S/C24H29N3O4/c1-30-20-10-6-9-18(11-20)14-25-24(29)27-15-19-13-21(31-2)16-26(19)23(28)22(27)12-17-7-4-3-5-8-17/h3-11,19,21-22H,12-16H2,1-2H3,(H,25,29)/t19-,21-,22-/m0/s1. The van der Waals surface area contributed by atoms with Gasteiger partial charge in [0.15, 0.2) is 0 Å². The molecule has 3 atom stereocenters. The first-order valence-corrected chi connectivity index (χ1v) is 10.6. The third-order valence-electron chi connectivity index (χ3n) is 6.17. The Morgan fingerprint density at radius 3 is 2.58 bits per heavy atom. The number of urea groups is 1. The average molecular weight is 424 g/mol. The van der Waals surface area contributed by atoms with Crippen LogP contribution in [0.4, 0.5) is 4.79 Å². The van der Waals surface area contributed by atoms with Gasteiger partial charge in [-0.15, -0.1) is 0 Å². The summed E-state index contributed by atoms with van der Waals surface area (Å²) >= 11 is 0. The molecular weight excluding hydrogens is 394 g/mol. The summed E-state index contributed by atoms with van der Waals surface area (Å²) in [6.07, 6.45) is 1.26. The number of methoxy groups -OCH3 is 2. The van der Waals surface area contributed by atoms with Gasteiger partial charge in [-0.05, 0) is 29.7 Å². The van der Waals surface area contributed by atoms with E-state index in [0.717, 1.165) is 23.3 Å². The summed E-state index contributed by atoms with van der Waals surface area (Å²) in [6, 6.07) is 16.7. The van der Waals surface area contributed by atoms with Crippen LogP contribution < -0.4 is 10.1 Å². The van der Waals surface area contributed by atoms with Crippen LogP contribution in [-0.2, 0) is 22.5 Å². The second-order valence-corrected chi connectivity index (χ2v) is 8.11. The number of hydrogen-bond donors (Lipinski definition) is 1. The molecule has 0 spiro atoms. The van der Waals surface area contributed by atoms with E-state index in [0.29, 0.717) is 26.1 Å². The van der Waals surface area contributed by atoms with Crippen LogP contribution in [0, 0.1) is 0 Å². The van der Waals surface area contributed by atoms with Crippen molar-refractivity contribution >= 4 is 11.9 Å². The van der Waals surface area contributed by atoms with Crippen LogP contribution in [0.1, 0.15) is 17.5 Å². The molecule has 3 amide bonds. The van der Waals surface area contributed by atoms with Crippen molar-refractivity contribution in [1.82, 2.24) is 15.1 Å². The number of fused-ring (bicyclic) bond motifs is 1. The highest BCUT2D eigenvalue weighted by molar-refractivity contribution is 5.89. The number of piperazine rings is 1. The van der Waals surface area contributed by atoms with Crippen molar-refractivity contribution in [2.75, 3.05) is 27.3 Å². The van der Waals surface area contributed by atoms with E-state index >= 15 is 0 Å². The molecule has 0 bridgehead atoms. The molecule has 2 aromatic rings. The first-order chi connectivity index (χ1) is 15.1. The number of carbonyl (C=O) groups is 2. The van der Waals surface area contributed by atoms with E-state index in [1.54, 1.807) is 19.1 Å². The van der Waals surface area contributed by atoms with Gasteiger partial charge in [0.2, 0.25) is 5.91 Å². The molecule has 31 heavy (non-hydrogen) atoms. The van der Waals surface area contributed by atoms with Gasteiger partial charge in [-0.3, -0.25) is 4.79 Å². The van der Waals surface area contributed by atoms with Crippen LogP contribution in [0.3, 0.4) is 0 Å². The lowest BCUT2D eigenvalue weighted by Crippen LogP contribution is -2.63. The topological polar surface area (TPSA) is 71.1 Å². The van der Waals surface area contributed by atoms with E-state index in [1.807, 2.05) is 59.5 Å². The Morgan fingerprint density at radius 1 is 1.06 bits per heavy atom. The molecule has 1 N–H and O–H groups in total. The van der Waals surface area contributed by atoms with Gasteiger partial charge in [0.05, 0.1) is 19.3 Å². The Bertz CT molecular complexity index is 920. The number of amides is 3. The van der Waals surface area contributed by atoms with Gasteiger partial charge in [-0.2, -0.15) is 0 Å². The Hall–Kier alpha value is -3.06. The quantitative estimate of drug-likeness (QED) is 0.775. The SMILES string of the molecule is COc1cccc(CNC(=O)N2C[C@@H]3C[C@H](OC)CN3C(=O)[C@@H]2Cc2ccccc2)c1. The summed E-state index contributed by atoms with van der Waals surface area (Å²) in [5.74, 6) is 0.741. The molecule has 7 nitrogen and oxygen atoms in total. The Morgan fingerprint density at radius 2 is 1.84 bits per heavy atom. The number of benzene rings is 2. The Kier molecular flexibility index (Phi) is 6.42. The molecule has 2 heterocycles. The van der Waals surface area contributed by atoms with Crippen molar-refractivity contribution in [3.05, 3.63) is 65.7 Å². The van der Waals surface area contributed by atoms with Crippen LogP contribution in [0.2, 0.25) is 0 Å². The maximum Gasteiger partial charge on any atom is 0.318 e. The van der Waals surface area contributed by atoms with Crippen LogP contribution in [0.25, 0.3) is 0 Å². The lowest BCUT2D eigenvalue weighted by Gasteiger charge is -2.42. The average Bonchev–Trinajstić information content (AvgIpc) is 3.24. The van der Waals surface area contributed by atoms with E-state index in [1.165, 1.54) is 0 Å². The number of nitrogens with one attached hydrogen (secondary N) is 1. The summed E-state index contributed by atoms with van der Waals surface area (Å²) in [6.45, 7) is 1.46. The van der Waals surface area contributed by atoms with Gasteiger partial charge in [0.1, 0.15) is 11.8 Å². The zero-order chi connectivity index (χ0) is 21.8. The highest BCUT2D eigenvalue weighted by atomic mass is 16.5. The Balaban J connectivity index is 1.51. The smallest absolute Gasteiger partial charge is 0.318 e. The zero-order valence-corrected chi connectivity index (χ0v) is 18.0. The number of rotatable bonds is 6. The fraction of sp³-hybridized carbons (Fsp3) is 0.417. The monoisotopic (exact) mass is 423 g/mol. The summed E-state index contributed by atoms with van der Waals surface area (Å²) in [7, 11) is 3.29. The van der Waals surface area contributed by atoms with Crippen LogP contribution in [-0.4, -0.2) is 67.2 Å². The summed E-state index contributed by atoms with van der Waals surface area (Å²) in [4.78, 5) is 30.2. The fourth-order valence-electron chi connectivity index (χ4n) is 4.49. The molecule has 2 aromatic carbocycles. The molecule has 2 fully saturated rings. The van der Waals surface area contributed by atoms with Crippen LogP contribution in [0.15, 0.2) is 54.6 Å². The van der Waals surface area contributed by atoms with E-state index in [9.17, 15) is 9.59 Å². The first-order valence-electron chi connectivity index (χ1n) is 10.6. The van der Waals surface area contributed by atoms with E-state index in [-0.39, 0.29) is 24.1 Å². The maximum absolute atomic E-state index is 13.4. The van der Waals surface area contributed by atoms with Gasteiger partial charge in [0.25, 0.3) is 0 Å². The molecule has 0 radical (unpaired) electrons. The predicted octanol–water partition coefficient (Wildman–Crippen LogP) is 2.45. The van der Waals surface area contributed by atoms with Crippen LogP contribution in [0.5, 0.6) is 5.75 Å². The number of carbonyl (C=O) groups excluding carboxylic acids is 2. The normalized spacial score (nSPS) is 22.9. The molecule has 2 aliphatic heterocycles. The maximum atomic E-state index is 13.4. The minimum absolute atomic E-state index is 0.00353. The molecule has 0 aliphatic carbocycles. The third-order valence-corrected chi connectivity index (χ3v) is 6.17. The lowest BCUT2D eigenvalue weighted by molar-refractivity contribution is -0.141. The van der Waals surface area contributed by atoms with Gasteiger partial charge in [-0.1, -0.05) is 42.5 Å². The van der Waals surface area contributed by atoms with E-state index in [2.05, 4.69) is 5.32 Å². The number of nitrogens with zero attached hydrogens (tertiary/aromatic N) is 2. The van der Waals surface area contributed by atoms with E-state index < -0.39 is 6.04 Å². The molecule has 0 aromatic heterocycles. The third kappa shape index (κ3) is 4.66. The van der Waals surface area contributed by atoms with Crippen molar-refractivity contribution in [3.8, 4) is 5.75 Å². The predicted molar refractivity (Wildman–Crippen MR) is 117 cm³/mol. The number of ether oxygens (including phenoxy) is 2. The lowest BCUT2D eigenvalue weighted by atomic mass is 9.99. The minimum atomic E-state index is -0.528. The van der Waals surface area contributed by atoms with Crippen molar-refractivity contribution in [2.24, 2.45) is 0 Å². The first kappa shape index (κ1) is 21.2. The molecule has 7 heteroatoms.